The average molecular weight is 246 g/mol. The summed E-state index contributed by atoms with van der Waals surface area (Å²) in [6, 6.07) is 1.30. The fraction of sp³-hybridized carbons (Fsp3) is 0.250. The summed E-state index contributed by atoms with van der Waals surface area (Å²) in [5, 5.41) is 20.0. The van der Waals surface area contributed by atoms with E-state index in [1.807, 2.05) is 0 Å². The van der Waals surface area contributed by atoms with Crippen LogP contribution in [0.3, 0.4) is 0 Å². The van der Waals surface area contributed by atoms with Crippen molar-refractivity contribution in [3.8, 4) is 5.75 Å². The predicted molar refractivity (Wildman–Crippen MR) is 51.9 cm³/mol. The van der Waals surface area contributed by atoms with E-state index in [1.165, 1.54) is 6.07 Å². The molecule has 70 valence electrons. The Morgan fingerprint density at radius 3 is 2.46 bits per heavy atom. The van der Waals surface area contributed by atoms with Crippen molar-refractivity contribution in [1.29, 1.82) is 0 Å². The Morgan fingerprint density at radius 1 is 1.46 bits per heavy atom. The van der Waals surface area contributed by atoms with Crippen molar-refractivity contribution in [1.82, 2.24) is 0 Å². The van der Waals surface area contributed by atoms with Crippen molar-refractivity contribution in [2.75, 3.05) is 0 Å². The van der Waals surface area contributed by atoms with Gasteiger partial charge in [-0.1, -0.05) is 0 Å². The Morgan fingerprint density at radius 2 is 2.00 bits per heavy atom. The van der Waals surface area contributed by atoms with Gasteiger partial charge < -0.3 is 5.11 Å². The van der Waals surface area contributed by atoms with E-state index in [0.717, 1.165) is 0 Å². The number of halogens is 1. The number of aromatic hydroxyl groups is 1. The summed E-state index contributed by atoms with van der Waals surface area (Å²) < 4.78 is 0.349. The quantitative estimate of drug-likeness (QED) is 0.612. The Bertz CT molecular complexity index is 376. The van der Waals surface area contributed by atoms with Crippen LogP contribution in [0.2, 0.25) is 0 Å². The zero-order valence-electron chi connectivity index (χ0n) is 7.17. The van der Waals surface area contributed by atoms with Crippen molar-refractivity contribution in [2.45, 2.75) is 13.8 Å². The van der Waals surface area contributed by atoms with Gasteiger partial charge in [0.05, 0.1) is 9.40 Å². The van der Waals surface area contributed by atoms with Crippen LogP contribution in [-0.4, -0.2) is 10.0 Å². The van der Waals surface area contributed by atoms with Gasteiger partial charge in [0.2, 0.25) is 0 Å². The van der Waals surface area contributed by atoms with Gasteiger partial charge in [-0.05, 0) is 29.8 Å². The lowest BCUT2D eigenvalue weighted by Crippen LogP contribution is -1.94. The summed E-state index contributed by atoms with van der Waals surface area (Å²) in [4.78, 5) is 10.1. The van der Waals surface area contributed by atoms with Gasteiger partial charge in [0.15, 0.2) is 0 Å². The fourth-order valence-electron chi connectivity index (χ4n) is 1.04. The monoisotopic (exact) mass is 245 g/mol. The third-order valence-electron chi connectivity index (χ3n) is 1.99. The van der Waals surface area contributed by atoms with E-state index >= 15 is 0 Å². The molecule has 0 aliphatic heterocycles. The van der Waals surface area contributed by atoms with Gasteiger partial charge >= 0.3 is 0 Å². The molecule has 5 heteroatoms. The van der Waals surface area contributed by atoms with E-state index in [1.54, 1.807) is 13.8 Å². The maximum atomic E-state index is 10.5. The zero-order chi connectivity index (χ0) is 10.2. The largest absolute Gasteiger partial charge is 0.506 e. The highest BCUT2D eigenvalue weighted by Gasteiger charge is 2.17. The molecule has 1 N–H and O–H groups in total. The van der Waals surface area contributed by atoms with E-state index in [0.29, 0.717) is 15.6 Å². The first-order valence-corrected chi connectivity index (χ1v) is 4.37. The molecule has 0 saturated heterocycles. The topological polar surface area (TPSA) is 63.4 Å². The van der Waals surface area contributed by atoms with Gasteiger partial charge in [0, 0.05) is 17.2 Å². The van der Waals surface area contributed by atoms with E-state index in [4.69, 9.17) is 0 Å². The third-order valence-corrected chi connectivity index (χ3v) is 2.59. The molecule has 0 aromatic heterocycles. The molecule has 1 aromatic rings. The minimum atomic E-state index is -0.466. The molecule has 0 fully saturated rings. The van der Waals surface area contributed by atoms with Gasteiger partial charge in [0.1, 0.15) is 5.75 Å². The van der Waals surface area contributed by atoms with Crippen molar-refractivity contribution in [3.05, 3.63) is 31.8 Å². The second-order valence-corrected chi connectivity index (χ2v) is 3.59. The summed E-state index contributed by atoms with van der Waals surface area (Å²) in [6.45, 7) is 3.25. The first-order chi connectivity index (χ1) is 5.95. The molecule has 1 aromatic carbocycles. The predicted octanol–water partition coefficient (Wildman–Crippen LogP) is 2.68. The minimum Gasteiger partial charge on any atom is -0.506 e. The lowest BCUT2D eigenvalue weighted by Gasteiger charge is -2.05. The normalized spacial score (nSPS) is 10.1. The van der Waals surface area contributed by atoms with Gasteiger partial charge in [0.25, 0.3) is 5.69 Å². The number of phenolic OH excluding ortho intramolecular Hbond substituents is 1. The molecular formula is C8H8BrNO3. The Balaban J connectivity index is 3.50. The van der Waals surface area contributed by atoms with Crippen LogP contribution in [0.25, 0.3) is 0 Å². The molecule has 0 amide bonds. The number of benzene rings is 1. The highest BCUT2D eigenvalue weighted by atomic mass is 79.9. The Labute approximate surface area is 83.5 Å². The van der Waals surface area contributed by atoms with E-state index in [2.05, 4.69) is 15.9 Å². The number of phenols is 1. The van der Waals surface area contributed by atoms with E-state index in [-0.39, 0.29) is 11.4 Å². The first-order valence-electron chi connectivity index (χ1n) is 3.58. The SMILES string of the molecule is Cc1c([N+](=O)[O-])cc(Br)c(O)c1C. The van der Waals surface area contributed by atoms with Crippen LogP contribution < -0.4 is 0 Å². The summed E-state index contributed by atoms with van der Waals surface area (Å²) in [5.41, 5.74) is 1.04. The van der Waals surface area contributed by atoms with Crippen LogP contribution in [0, 0.1) is 24.0 Å². The maximum absolute atomic E-state index is 10.5. The average Bonchev–Trinajstić information content (AvgIpc) is 2.07. The van der Waals surface area contributed by atoms with Gasteiger partial charge in [-0.2, -0.15) is 0 Å². The second-order valence-electron chi connectivity index (χ2n) is 2.73. The molecule has 0 bridgehead atoms. The van der Waals surface area contributed by atoms with Crippen LogP contribution in [0.15, 0.2) is 10.5 Å². The standard InChI is InChI=1S/C8H8BrNO3/c1-4-5(2)8(11)6(9)3-7(4)10(12)13/h3,11H,1-2H3. The molecule has 13 heavy (non-hydrogen) atoms. The van der Waals surface area contributed by atoms with E-state index in [9.17, 15) is 15.2 Å². The minimum absolute atomic E-state index is 0.0159. The number of hydrogen-bond acceptors (Lipinski definition) is 3. The molecule has 0 heterocycles. The van der Waals surface area contributed by atoms with Gasteiger partial charge in [-0.15, -0.1) is 0 Å². The van der Waals surface area contributed by atoms with E-state index < -0.39 is 4.92 Å². The zero-order valence-corrected chi connectivity index (χ0v) is 8.75. The van der Waals surface area contributed by atoms with Gasteiger partial charge in [-0.25, -0.2) is 0 Å². The third kappa shape index (κ3) is 1.65. The maximum Gasteiger partial charge on any atom is 0.273 e. The van der Waals surface area contributed by atoms with Crippen molar-refractivity contribution in [2.24, 2.45) is 0 Å². The smallest absolute Gasteiger partial charge is 0.273 e. The molecule has 0 aliphatic rings. The van der Waals surface area contributed by atoms with Crippen molar-refractivity contribution < 1.29 is 10.0 Å². The lowest BCUT2D eigenvalue weighted by molar-refractivity contribution is -0.385. The van der Waals surface area contributed by atoms with Gasteiger partial charge in [-0.3, -0.25) is 10.1 Å². The molecule has 0 saturated carbocycles. The number of rotatable bonds is 1. The summed E-state index contributed by atoms with van der Waals surface area (Å²) in [5.74, 6) is 0.0584. The van der Waals surface area contributed by atoms with Crippen LogP contribution >= 0.6 is 15.9 Å². The highest BCUT2D eigenvalue weighted by molar-refractivity contribution is 9.10. The molecular weight excluding hydrogens is 238 g/mol. The van der Waals surface area contributed by atoms with Crippen LogP contribution in [0.1, 0.15) is 11.1 Å². The van der Waals surface area contributed by atoms with Crippen LogP contribution in [0.4, 0.5) is 5.69 Å². The van der Waals surface area contributed by atoms with Crippen LogP contribution in [-0.2, 0) is 0 Å². The highest BCUT2D eigenvalue weighted by Crippen LogP contribution is 2.35. The summed E-state index contributed by atoms with van der Waals surface area (Å²) in [6.07, 6.45) is 0. The molecule has 4 nitrogen and oxygen atoms in total. The molecule has 0 unspecified atom stereocenters. The molecule has 0 spiro atoms. The second kappa shape index (κ2) is 3.33. The van der Waals surface area contributed by atoms with Crippen LogP contribution in [0.5, 0.6) is 5.75 Å². The molecule has 0 aliphatic carbocycles. The fourth-order valence-corrected chi connectivity index (χ4v) is 1.55. The van der Waals surface area contributed by atoms with Crippen molar-refractivity contribution >= 4 is 21.6 Å². The number of nitrogens with zero attached hydrogens (tertiary/aromatic N) is 1. The number of nitro benzene ring substituents is 1. The number of nitro groups is 1. The molecule has 0 atom stereocenters. The van der Waals surface area contributed by atoms with Crippen molar-refractivity contribution in [3.63, 3.8) is 0 Å². The molecule has 0 radical (unpaired) electrons. The first kappa shape index (κ1) is 9.98. The summed E-state index contributed by atoms with van der Waals surface area (Å²) in [7, 11) is 0. The molecule has 1 rings (SSSR count). The Hall–Kier alpha value is -1.10. The Kier molecular flexibility index (Phi) is 2.56. The lowest BCUT2D eigenvalue weighted by atomic mass is 10.1. The number of hydrogen-bond donors (Lipinski definition) is 1. The summed E-state index contributed by atoms with van der Waals surface area (Å²) >= 11 is 3.04.